The lowest BCUT2D eigenvalue weighted by molar-refractivity contribution is -0.143. The van der Waals surface area contributed by atoms with Gasteiger partial charge >= 0.3 is 5.97 Å². The van der Waals surface area contributed by atoms with E-state index in [-0.39, 0.29) is 11.8 Å². The summed E-state index contributed by atoms with van der Waals surface area (Å²) < 4.78 is 0. The highest BCUT2D eigenvalue weighted by atomic mass is 16.4. The van der Waals surface area contributed by atoms with E-state index in [1.807, 2.05) is 13.8 Å². The van der Waals surface area contributed by atoms with Gasteiger partial charge in [0.05, 0.1) is 5.92 Å². The third kappa shape index (κ3) is 2.67. The Labute approximate surface area is 61.6 Å². The molecule has 0 rings (SSSR count). The first-order valence-corrected chi connectivity index (χ1v) is 3.43. The molecule has 0 aliphatic heterocycles. The third-order valence-electron chi connectivity index (χ3n) is 1.54. The van der Waals surface area contributed by atoms with E-state index < -0.39 is 5.97 Å². The minimum atomic E-state index is -0.727. The number of carboxylic acid groups (broad SMARTS) is 1. The predicted molar refractivity (Wildman–Crippen MR) is 40.8 cm³/mol. The Kier molecular flexibility index (Phi) is 3.77. The summed E-state index contributed by atoms with van der Waals surface area (Å²) in [5.74, 6) is -0.803. The minimum absolute atomic E-state index is 0.190. The lowest BCUT2D eigenvalue weighted by atomic mass is 9.93. The van der Waals surface area contributed by atoms with E-state index in [0.717, 1.165) is 0 Å². The van der Waals surface area contributed by atoms with Crippen LogP contribution >= 0.6 is 0 Å². The number of allylic oxidation sites excluding steroid dienone is 1. The SMILES string of the molecule is C=CC[C@@H](C(=O)O)C(C)C. The molecule has 10 heavy (non-hydrogen) atoms. The van der Waals surface area contributed by atoms with Gasteiger partial charge in [-0.3, -0.25) is 4.79 Å². The van der Waals surface area contributed by atoms with Crippen LogP contribution in [0.15, 0.2) is 12.7 Å². The molecule has 0 aromatic rings. The van der Waals surface area contributed by atoms with Crippen molar-refractivity contribution in [3.05, 3.63) is 12.7 Å². The standard InChI is InChI=1S/C8H14O2/c1-4-5-7(6(2)3)8(9)10/h4,6-7H,1,5H2,2-3H3,(H,9,10)/t7-/m1/s1. The van der Waals surface area contributed by atoms with Crippen LogP contribution in [0.5, 0.6) is 0 Å². The normalized spacial score (nSPS) is 13.1. The van der Waals surface area contributed by atoms with E-state index in [1.165, 1.54) is 0 Å². The van der Waals surface area contributed by atoms with E-state index in [0.29, 0.717) is 6.42 Å². The molecule has 1 atom stereocenters. The molecule has 0 unspecified atom stereocenters. The van der Waals surface area contributed by atoms with Crippen LogP contribution in [-0.2, 0) is 4.79 Å². The van der Waals surface area contributed by atoms with Crippen molar-refractivity contribution < 1.29 is 9.90 Å². The second-order valence-electron chi connectivity index (χ2n) is 2.71. The Bertz CT molecular complexity index is 127. The lowest BCUT2D eigenvalue weighted by Gasteiger charge is -2.12. The zero-order chi connectivity index (χ0) is 8.15. The molecule has 0 saturated carbocycles. The molecule has 0 saturated heterocycles. The molecule has 58 valence electrons. The number of hydrogen-bond acceptors (Lipinski definition) is 1. The van der Waals surface area contributed by atoms with Gasteiger partial charge in [0.25, 0.3) is 0 Å². The van der Waals surface area contributed by atoms with Gasteiger partial charge in [-0.2, -0.15) is 0 Å². The van der Waals surface area contributed by atoms with E-state index in [1.54, 1.807) is 6.08 Å². The van der Waals surface area contributed by atoms with Crippen molar-refractivity contribution in [2.24, 2.45) is 11.8 Å². The molecule has 0 aromatic carbocycles. The van der Waals surface area contributed by atoms with Gasteiger partial charge in [-0.25, -0.2) is 0 Å². The molecule has 0 bridgehead atoms. The van der Waals surface area contributed by atoms with E-state index >= 15 is 0 Å². The monoisotopic (exact) mass is 142 g/mol. The number of aliphatic carboxylic acids is 1. The van der Waals surface area contributed by atoms with Gasteiger partial charge in [0, 0.05) is 0 Å². The van der Waals surface area contributed by atoms with Gasteiger partial charge in [-0.15, -0.1) is 6.58 Å². The van der Waals surface area contributed by atoms with Crippen molar-refractivity contribution >= 4 is 5.97 Å². The summed E-state index contributed by atoms with van der Waals surface area (Å²) >= 11 is 0. The van der Waals surface area contributed by atoms with Crippen molar-refractivity contribution in [1.82, 2.24) is 0 Å². The van der Waals surface area contributed by atoms with Crippen LogP contribution in [0.4, 0.5) is 0 Å². The van der Waals surface area contributed by atoms with Crippen molar-refractivity contribution in [2.75, 3.05) is 0 Å². The summed E-state index contributed by atoms with van der Waals surface area (Å²) in [6.07, 6.45) is 2.21. The molecule has 0 amide bonds. The van der Waals surface area contributed by atoms with Crippen molar-refractivity contribution in [2.45, 2.75) is 20.3 Å². The average Bonchev–Trinajstić information content (AvgIpc) is 1.81. The highest BCUT2D eigenvalue weighted by Gasteiger charge is 2.18. The fourth-order valence-corrected chi connectivity index (χ4v) is 0.838. The fraction of sp³-hybridized carbons (Fsp3) is 0.625. The third-order valence-corrected chi connectivity index (χ3v) is 1.54. The largest absolute Gasteiger partial charge is 0.481 e. The van der Waals surface area contributed by atoms with Gasteiger partial charge in [-0.05, 0) is 12.3 Å². The fourth-order valence-electron chi connectivity index (χ4n) is 0.838. The van der Waals surface area contributed by atoms with Crippen LogP contribution in [0.25, 0.3) is 0 Å². The second kappa shape index (κ2) is 4.09. The van der Waals surface area contributed by atoms with Crippen molar-refractivity contribution in [3.63, 3.8) is 0 Å². The number of hydrogen-bond donors (Lipinski definition) is 1. The molecule has 2 heteroatoms. The first kappa shape index (κ1) is 9.21. The molecule has 0 aromatic heterocycles. The average molecular weight is 142 g/mol. The Balaban J connectivity index is 3.97. The molecule has 0 heterocycles. The van der Waals surface area contributed by atoms with Crippen LogP contribution in [0.3, 0.4) is 0 Å². The lowest BCUT2D eigenvalue weighted by Crippen LogP contribution is -2.18. The Morgan fingerprint density at radius 3 is 2.30 bits per heavy atom. The van der Waals surface area contributed by atoms with Crippen molar-refractivity contribution in [1.29, 1.82) is 0 Å². The minimum Gasteiger partial charge on any atom is -0.481 e. The number of rotatable bonds is 4. The van der Waals surface area contributed by atoms with Gasteiger partial charge in [-0.1, -0.05) is 19.9 Å². The van der Waals surface area contributed by atoms with Gasteiger partial charge in [0.1, 0.15) is 0 Å². The van der Waals surface area contributed by atoms with Crippen LogP contribution < -0.4 is 0 Å². The van der Waals surface area contributed by atoms with Crippen LogP contribution in [-0.4, -0.2) is 11.1 Å². The smallest absolute Gasteiger partial charge is 0.307 e. The van der Waals surface area contributed by atoms with Crippen LogP contribution in [0, 0.1) is 11.8 Å². The molecule has 0 aliphatic rings. The van der Waals surface area contributed by atoms with E-state index in [9.17, 15) is 4.79 Å². The topological polar surface area (TPSA) is 37.3 Å². The molecule has 0 spiro atoms. The molecular weight excluding hydrogens is 128 g/mol. The maximum absolute atomic E-state index is 10.5. The maximum Gasteiger partial charge on any atom is 0.307 e. The molecule has 0 fully saturated rings. The Morgan fingerprint density at radius 1 is 1.70 bits per heavy atom. The molecule has 0 aliphatic carbocycles. The molecule has 0 radical (unpaired) electrons. The Hall–Kier alpha value is -0.790. The number of carboxylic acids is 1. The zero-order valence-electron chi connectivity index (χ0n) is 6.50. The van der Waals surface area contributed by atoms with Crippen LogP contribution in [0.1, 0.15) is 20.3 Å². The summed E-state index contributed by atoms with van der Waals surface area (Å²) in [6.45, 7) is 7.31. The first-order chi connectivity index (χ1) is 4.59. The molecule has 2 nitrogen and oxygen atoms in total. The number of carbonyl (C=O) groups is 1. The Morgan fingerprint density at radius 2 is 2.20 bits per heavy atom. The summed E-state index contributed by atoms with van der Waals surface area (Å²) in [4.78, 5) is 10.5. The van der Waals surface area contributed by atoms with Gasteiger partial charge < -0.3 is 5.11 Å². The summed E-state index contributed by atoms with van der Waals surface area (Å²) in [5.41, 5.74) is 0. The van der Waals surface area contributed by atoms with Crippen molar-refractivity contribution in [3.8, 4) is 0 Å². The quantitative estimate of drug-likeness (QED) is 0.609. The summed E-state index contributed by atoms with van der Waals surface area (Å²) in [5, 5.41) is 8.63. The predicted octanol–water partition coefficient (Wildman–Crippen LogP) is 1.92. The van der Waals surface area contributed by atoms with Gasteiger partial charge in [0.2, 0.25) is 0 Å². The molecular formula is C8H14O2. The highest BCUT2D eigenvalue weighted by molar-refractivity contribution is 5.70. The highest BCUT2D eigenvalue weighted by Crippen LogP contribution is 2.15. The van der Waals surface area contributed by atoms with Gasteiger partial charge in [0.15, 0.2) is 0 Å². The molecule has 1 N–H and O–H groups in total. The second-order valence-corrected chi connectivity index (χ2v) is 2.71. The van der Waals surface area contributed by atoms with Crippen LogP contribution in [0.2, 0.25) is 0 Å². The maximum atomic E-state index is 10.5. The van der Waals surface area contributed by atoms with E-state index in [2.05, 4.69) is 6.58 Å². The van der Waals surface area contributed by atoms with E-state index in [4.69, 9.17) is 5.11 Å². The zero-order valence-corrected chi connectivity index (χ0v) is 6.50. The summed E-state index contributed by atoms with van der Waals surface area (Å²) in [6, 6.07) is 0. The summed E-state index contributed by atoms with van der Waals surface area (Å²) in [7, 11) is 0. The first-order valence-electron chi connectivity index (χ1n) is 3.43.